The molecule has 0 saturated heterocycles. The summed E-state index contributed by atoms with van der Waals surface area (Å²) >= 11 is 7.61. The molecule has 6 aromatic heterocycles. The van der Waals surface area contributed by atoms with Crippen molar-refractivity contribution in [2.24, 2.45) is 0 Å². The minimum absolute atomic E-state index is 1.20. The van der Waals surface area contributed by atoms with Gasteiger partial charge in [0.25, 0.3) is 0 Å². The van der Waals surface area contributed by atoms with Crippen LogP contribution in [0.15, 0.2) is 279 Å². The number of aromatic nitrogens is 2. The fraction of sp³-hybridized carbons (Fsp3) is 0. The third-order valence-corrected chi connectivity index (χ3v) is 21.1. The molecule has 0 spiro atoms. The molecule has 0 aliphatic rings. The Morgan fingerprint density at radius 1 is 0.207 bits per heavy atom. The summed E-state index contributed by atoms with van der Waals surface area (Å²) in [5, 5.41) is 10.6. The Kier molecular flexibility index (Phi) is 11.1. The van der Waals surface area contributed by atoms with Crippen LogP contribution in [0.4, 0.5) is 0 Å². The van der Waals surface area contributed by atoms with Gasteiger partial charge in [0.15, 0.2) is 0 Å². The molecule has 18 rings (SSSR count). The van der Waals surface area contributed by atoms with E-state index in [9.17, 15) is 0 Å². The van der Waals surface area contributed by atoms with Gasteiger partial charge in [-0.25, -0.2) is 0 Å². The molecule has 0 saturated carbocycles. The molecule has 18 aromatic rings. The van der Waals surface area contributed by atoms with Gasteiger partial charge in [-0.2, -0.15) is 0 Å². The number of fused-ring (bicyclic) bond motifs is 16. The van der Waals surface area contributed by atoms with E-state index < -0.39 is 0 Å². The van der Waals surface area contributed by atoms with Crippen molar-refractivity contribution in [3.63, 3.8) is 0 Å². The van der Waals surface area contributed by atoms with Crippen molar-refractivity contribution in [3.8, 4) is 55.9 Å². The minimum atomic E-state index is 1.20. The van der Waals surface area contributed by atoms with Crippen LogP contribution in [0.2, 0.25) is 0 Å². The summed E-state index contributed by atoms with van der Waals surface area (Å²) in [6.07, 6.45) is 0. The predicted octanol–water partition coefficient (Wildman–Crippen LogP) is 23.4. The molecule has 12 aromatic carbocycles. The third-order valence-electron chi connectivity index (χ3n) is 16.4. The Morgan fingerprint density at radius 3 is 1.05 bits per heavy atom. The van der Waals surface area contributed by atoms with Gasteiger partial charge in [-0.3, -0.25) is 0 Å². The zero-order valence-corrected chi connectivity index (χ0v) is 47.4. The van der Waals surface area contributed by atoms with Crippen LogP contribution in [0, 0.1) is 0 Å². The van der Waals surface area contributed by atoms with Crippen LogP contribution in [0.25, 0.3) is 159 Å². The van der Waals surface area contributed by atoms with E-state index in [0.29, 0.717) is 0 Å². The lowest BCUT2D eigenvalue weighted by atomic mass is 10.0. The summed E-state index contributed by atoms with van der Waals surface area (Å²) in [6, 6.07) is 102. The summed E-state index contributed by atoms with van der Waals surface area (Å²) < 4.78 is 15.6. The van der Waals surface area contributed by atoms with Gasteiger partial charge in [0, 0.05) is 82.7 Å². The Balaban J connectivity index is 0.000000130. The highest BCUT2D eigenvalue weighted by Gasteiger charge is 2.22. The summed E-state index contributed by atoms with van der Waals surface area (Å²) in [5.74, 6) is 0. The first-order valence-electron chi connectivity index (χ1n) is 27.7. The van der Waals surface area contributed by atoms with E-state index in [2.05, 4.69) is 288 Å². The molecule has 82 heavy (non-hydrogen) atoms. The van der Waals surface area contributed by atoms with Crippen LogP contribution in [-0.4, -0.2) is 9.13 Å². The quantitative estimate of drug-likeness (QED) is 0.157. The largest absolute Gasteiger partial charge is 0.308 e. The SMILES string of the molecule is c1ccc(-c2ccc3c(c2)sc2cc(-c4ccc5c(c4)sc4c6ccccc6n(-c6ccccc6)c54)ccc23)cc1.c1ccc(-c2ccc3c(c2)sc2cc(-c4cccc5c4sc4c6ccccc6n(-c6ccccc6)c54)ccc23)cc1. The number of hydrogen-bond donors (Lipinski definition) is 0. The first-order chi connectivity index (χ1) is 40.6. The molecule has 0 atom stereocenters. The van der Waals surface area contributed by atoms with Gasteiger partial charge in [0.05, 0.1) is 31.5 Å². The van der Waals surface area contributed by atoms with Gasteiger partial charge >= 0.3 is 0 Å². The highest BCUT2D eigenvalue weighted by Crippen LogP contribution is 2.48. The molecule has 0 radical (unpaired) electrons. The lowest BCUT2D eigenvalue weighted by Crippen LogP contribution is -1.92. The van der Waals surface area contributed by atoms with Crippen molar-refractivity contribution in [2.45, 2.75) is 0 Å². The number of nitrogens with zero attached hydrogens (tertiary/aromatic N) is 2. The zero-order valence-electron chi connectivity index (χ0n) is 44.1. The molecule has 384 valence electrons. The first kappa shape index (κ1) is 47.4. The Labute approximate surface area is 488 Å². The average molecular weight is 1120 g/mol. The highest BCUT2D eigenvalue weighted by molar-refractivity contribution is 7.28. The van der Waals surface area contributed by atoms with Gasteiger partial charge in [0.2, 0.25) is 0 Å². The predicted molar refractivity (Wildman–Crippen MR) is 360 cm³/mol. The van der Waals surface area contributed by atoms with E-state index in [1.165, 1.54) is 159 Å². The monoisotopic (exact) mass is 1110 g/mol. The van der Waals surface area contributed by atoms with Crippen LogP contribution in [0.5, 0.6) is 0 Å². The molecule has 0 bridgehead atoms. The maximum Gasteiger partial charge on any atom is 0.0727 e. The molecule has 6 heteroatoms. The van der Waals surface area contributed by atoms with E-state index in [-0.39, 0.29) is 0 Å². The van der Waals surface area contributed by atoms with Gasteiger partial charge < -0.3 is 9.13 Å². The summed E-state index contributed by atoms with van der Waals surface area (Å²) in [4.78, 5) is 0. The molecule has 0 amide bonds. The second kappa shape index (κ2) is 19.1. The van der Waals surface area contributed by atoms with E-state index in [0.717, 1.165) is 0 Å². The normalized spacial score (nSPS) is 11.9. The highest BCUT2D eigenvalue weighted by atomic mass is 32.1. The number of rotatable bonds is 6. The zero-order chi connectivity index (χ0) is 53.8. The Morgan fingerprint density at radius 2 is 0.561 bits per heavy atom. The number of thiophene rings is 4. The van der Waals surface area contributed by atoms with Crippen molar-refractivity contribution < 1.29 is 0 Å². The van der Waals surface area contributed by atoms with Crippen molar-refractivity contribution in [2.75, 3.05) is 0 Å². The second-order valence-corrected chi connectivity index (χ2v) is 25.3. The maximum atomic E-state index is 2.44. The van der Waals surface area contributed by atoms with E-state index in [4.69, 9.17) is 0 Å². The molecule has 0 fully saturated rings. The Bertz CT molecular complexity index is 5500. The van der Waals surface area contributed by atoms with Crippen molar-refractivity contribution in [1.82, 2.24) is 9.13 Å². The van der Waals surface area contributed by atoms with E-state index >= 15 is 0 Å². The molecule has 0 aliphatic heterocycles. The van der Waals surface area contributed by atoms with Crippen LogP contribution >= 0.6 is 45.3 Å². The van der Waals surface area contributed by atoms with Gasteiger partial charge in [-0.05, 0) is 111 Å². The smallest absolute Gasteiger partial charge is 0.0727 e. The Hall–Kier alpha value is -9.40. The lowest BCUT2D eigenvalue weighted by Gasteiger charge is -2.09. The molecular formula is C76H46N2S4. The van der Waals surface area contributed by atoms with Gasteiger partial charge in [-0.15, -0.1) is 45.3 Å². The average Bonchev–Trinajstić information content (AvgIpc) is 4.39. The molecule has 2 nitrogen and oxygen atoms in total. The molecule has 6 heterocycles. The van der Waals surface area contributed by atoms with Crippen LogP contribution in [0.3, 0.4) is 0 Å². The second-order valence-electron chi connectivity index (χ2n) is 21.1. The van der Waals surface area contributed by atoms with Crippen LogP contribution < -0.4 is 0 Å². The van der Waals surface area contributed by atoms with Crippen molar-refractivity contribution >= 4 is 148 Å². The number of para-hydroxylation sites is 4. The molecular weight excluding hydrogens is 1070 g/mol. The first-order valence-corrected chi connectivity index (χ1v) is 31.0. The van der Waals surface area contributed by atoms with Crippen LogP contribution in [0.1, 0.15) is 0 Å². The summed E-state index contributed by atoms with van der Waals surface area (Å²) in [7, 11) is 0. The topological polar surface area (TPSA) is 9.86 Å². The fourth-order valence-electron chi connectivity index (χ4n) is 12.6. The molecule has 0 unspecified atom stereocenters. The lowest BCUT2D eigenvalue weighted by molar-refractivity contribution is 1.19. The van der Waals surface area contributed by atoms with Crippen molar-refractivity contribution in [3.05, 3.63) is 279 Å². The summed E-state index contributed by atoms with van der Waals surface area (Å²) in [6.45, 7) is 0. The molecule has 0 N–H and O–H groups in total. The van der Waals surface area contributed by atoms with Gasteiger partial charge in [0.1, 0.15) is 0 Å². The maximum absolute atomic E-state index is 2.44. The molecule has 0 aliphatic carbocycles. The van der Waals surface area contributed by atoms with E-state index in [1.807, 2.05) is 45.3 Å². The number of hydrogen-bond acceptors (Lipinski definition) is 4. The van der Waals surface area contributed by atoms with Crippen LogP contribution in [-0.2, 0) is 0 Å². The standard InChI is InChI=1S/2C38H23NS2/c1-3-10-24(11-4-1)25-18-20-29-30-21-19-26(23-35(30)40-34(29)22-25)28-15-9-16-32-36-38(41-37(28)32)31-14-7-8-17-33(31)39(36)27-12-5-2-6-13-27;1-3-9-24(10-4-1)25-15-18-29-30-19-16-26(22-35(30)40-34(29)21-25)27-17-20-32-36(23-27)41-38-31-13-7-8-14-33(31)39(37(32)38)28-11-5-2-6-12-28/h2*1-23H. The summed E-state index contributed by atoms with van der Waals surface area (Å²) in [5.41, 5.74) is 17.7. The fourth-order valence-corrected chi connectivity index (χ4v) is 17.6. The number of benzene rings is 12. The van der Waals surface area contributed by atoms with Gasteiger partial charge in [-0.1, -0.05) is 212 Å². The van der Waals surface area contributed by atoms with Crippen molar-refractivity contribution in [1.29, 1.82) is 0 Å². The minimum Gasteiger partial charge on any atom is -0.308 e. The van der Waals surface area contributed by atoms with E-state index in [1.54, 1.807) is 0 Å². The third kappa shape index (κ3) is 7.64.